The molecule has 3 rings (SSSR count). The van der Waals surface area contributed by atoms with Gasteiger partial charge in [-0.2, -0.15) is 17.7 Å². The van der Waals surface area contributed by atoms with Crippen LogP contribution in [0, 0.1) is 0 Å². The molecule has 128 valence electrons. The first-order chi connectivity index (χ1) is 11.6. The van der Waals surface area contributed by atoms with Crippen molar-refractivity contribution in [3.63, 3.8) is 0 Å². The molecule has 0 spiro atoms. The van der Waals surface area contributed by atoms with Crippen molar-refractivity contribution in [2.75, 3.05) is 24.9 Å². The molecule has 0 radical (unpaired) electrons. The maximum absolute atomic E-state index is 12.2. The molecule has 10 heteroatoms. The van der Waals surface area contributed by atoms with Gasteiger partial charge in [-0.1, -0.05) is 11.8 Å². The molecule has 0 bridgehead atoms. The predicted molar refractivity (Wildman–Crippen MR) is 91.1 cm³/mol. The quantitative estimate of drug-likeness (QED) is 0.585. The molecule has 0 unspecified atom stereocenters. The summed E-state index contributed by atoms with van der Waals surface area (Å²) in [5, 5.41) is 0.437. The average Bonchev–Trinajstić information content (AvgIpc) is 2.51. The Kier molecular flexibility index (Phi) is 5.17. The molecule has 1 N–H and O–H groups in total. The van der Waals surface area contributed by atoms with E-state index >= 15 is 0 Å². The molecule has 8 nitrogen and oxygen atoms in total. The van der Waals surface area contributed by atoms with Crippen molar-refractivity contribution in [2.24, 2.45) is 0 Å². The van der Waals surface area contributed by atoms with Crippen molar-refractivity contribution in [3.8, 4) is 5.88 Å². The molecule has 1 aliphatic heterocycles. The van der Waals surface area contributed by atoms with E-state index in [9.17, 15) is 8.42 Å². The molecular weight excluding hydrogens is 350 g/mol. The Balaban J connectivity index is 1.75. The molecule has 24 heavy (non-hydrogen) atoms. The van der Waals surface area contributed by atoms with Gasteiger partial charge < -0.3 is 4.74 Å². The van der Waals surface area contributed by atoms with E-state index in [0.717, 1.165) is 12.0 Å². The van der Waals surface area contributed by atoms with Crippen molar-refractivity contribution in [2.45, 2.75) is 17.3 Å². The van der Waals surface area contributed by atoms with Gasteiger partial charge in [0, 0.05) is 37.3 Å². The largest absolute Gasteiger partial charge is 0.481 e. The first-order valence-corrected chi connectivity index (χ1v) is 9.72. The number of methoxy groups -OCH3 is 1. The molecule has 0 aromatic carbocycles. The SMILES string of the molecule is COc1cc(NS(=O)(=O)N2CCC2)nc(SCc2ccncc2)n1. The highest BCUT2D eigenvalue weighted by molar-refractivity contribution is 7.98. The summed E-state index contributed by atoms with van der Waals surface area (Å²) in [4.78, 5) is 12.5. The van der Waals surface area contributed by atoms with Gasteiger partial charge in [-0.25, -0.2) is 4.98 Å². The lowest BCUT2D eigenvalue weighted by molar-refractivity contribution is 0.311. The first kappa shape index (κ1) is 16.9. The van der Waals surface area contributed by atoms with Crippen LogP contribution in [0.1, 0.15) is 12.0 Å². The highest BCUT2D eigenvalue weighted by atomic mass is 32.2. The topological polar surface area (TPSA) is 97.3 Å². The Hall–Kier alpha value is -1.91. The third-order valence-corrected chi connectivity index (χ3v) is 5.83. The van der Waals surface area contributed by atoms with Crippen molar-refractivity contribution < 1.29 is 13.2 Å². The van der Waals surface area contributed by atoms with Gasteiger partial charge in [0.1, 0.15) is 5.82 Å². The number of thioether (sulfide) groups is 1. The minimum atomic E-state index is -3.57. The van der Waals surface area contributed by atoms with Gasteiger partial charge >= 0.3 is 10.2 Å². The van der Waals surface area contributed by atoms with E-state index in [4.69, 9.17) is 4.74 Å². The molecule has 0 atom stereocenters. The Morgan fingerprint density at radius 2 is 2.04 bits per heavy atom. The van der Waals surface area contributed by atoms with Crippen LogP contribution in [0.3, 0.4) is 0 Å². The second-order valence-electron chi connectivity index (χ2n) is 5.08. The number of anilines is 1. The lowest BCUT2D eigenvalue weighted by Gasteiger charge is -2.29. The van der Waals surface area contributed by atoms with Gasteiger partial charge in [0.05, 0.1) is 7.11 Å². The highest BCUT2D eigenvalue weighted by Crippen LogP contribution is 2.25. The maximum Gasteiger partial charge on any atom is 0.302 e. The number of hydrogen-bond donors (Lipinski definition) is 1. The van der Waals surface area contributed by atoms with Crippen LogP contribution in [-0.4, -0.2) is 47.9 Å². The zero-order chi connectivity index (χ0) is 17.0. The number of aromatic nitrogens is 3. The van der Waals surface area contributed by atoms with Gasteiger partial charge in [0.25, 0.3) is 0 Å². The van der Waals surface area contributed by atoms with Crippen molar-refractivity contribution in [3.05, 3.63) is 36.2 Å². The molecular formula is C14H17N5O3S2. The second kappa shape index (κ2) is 7.32. The van der Waals surface area contributed by atoms with Gasteiger partial charge in [0.2, 0.25) is 5.88 Å². The zero-order valence-corrected chi connectivity index (χ0v) is 14.7. The van der Waals surface area contributed by atoms with Crippen LogP contribution in [0.4, 0.5) is 5.82 Å². The van der Waals surface area contributed by atoms with Crippen LogP contribution in [0.15, 0.2) is 35.7 Å². The summed E-state index contributed by atoms with van der Waals surface area (Å²) >= 11 is 1.39. The van der Waals surface area contributed by atoms with E-state index in [1.807, 2.05) is 12.1 Å². The molecule has 0 amide bonds. The Morgan fingerprint density at radius 3 is 2.67 bits per heavy atom. The van der Waals surface area contributed by atoms with E-state index in [1.165, 1.54) is 29.2 Å². The number of hydrogen-bond acceptors (Lipinski definition) is 7. The van der Waals surface area contributed by atoms with Crippen LogP contribution in [0.2, 0.25) is 0 Å². The van der Waals surface area contributed by atoms with Crippen molar-refractivity contribution in [1.29, 1.82) is 0 Å². The smallest absolute Gasteiger partial charge is 0.302 e. The average molecular weight is 367 g/mol. The molecule has 3 heterocycles. The molecule has 1 fully saturated rings. The van der Waals surface area contributed by atoms with E-state index in [1.54, 1.807) is 12.4 Å². The summed E-state index contributed by atoms with van der Waals surface area (Å²) in [5.74, 6) is 1.16. The zero-order valence-electron chi connectivity index (χ0n) is 13.0. The lowest BCUT2D eigenvalue weighted by atomic mass is 10.3. The fourth-order valence-corrected chi connectivity index (χ4v) is 4.02. The summed E-state index contributed by atoms with van der Waals surface area (Å²) in [5.41, 5.74) is 1.07. The maximum atomic E-state index is 12.2. The number of ether oxygens (including phenoxy) is 1. The van der Waals surface area contributed by atoms with Crippen LogP contribution in [0.25, 0.3) is 0 Å². The number of pyridine rings is 1. The van der Waals surface area contributed by atoms with Gasteiger partial charge in [-0.3, -0.25) is 9.71 Å². The van der Waals surface area contributed by atoms with Crippen LogP contribution >= 0.6 is 11.8 Å². The number of nitrogens with zero attached hydrogens (tertiary/aromatic N) is 4. The molecule has 1 aliphatic rings. The van der Waals surface area contributed by atoms with Crippen LogP contribution in [0.5, 0.6) is 5.88 Å². The molecule has 0 saturated carbocycles. The molecule has 0 aliphatic carbocycles. The summed E-state index contributed by atoms with van der Waals surface area (Å²) in [6.07, 6.45) is 4.31. The summed E-state index contributed by atoms with van der Waals surface area (Å²) < 4.78 is 33.3. The minimum absolute atomic E-state index is 0.200. The standard InChI is InChI=1S/C14H17N5O3S2/c1-22-13-9-12(18-24(20,21)19-7-2-8-19)16-14(17-13)23-10-11-3-5-15-6-4-11/h3-6,9H,2,7-8,10H2,1H3,(H,16,17,18). The molecule has 2 aromatic rings. The second-order valence-corrected chi connectivity index (χ2v) is 7.70. The Bertz CT molecular complexity index is 797. The Morgan fingerprint density at radius 1 is 1.29 bits per heavy atom. The third kappa shape index (κ3) is 4.13. The van der Waals surface area contributed by atoms with E-state index in [0.29, 0.717) is 29.9 Å². The summed E-state index contributed by atoms with van der Waals surface area (Å²) in [6, 6.07) is 5.27. The third-order valence-electron chi connectivity index (χ3n) is 3.40. The van der Waals surface area contributed by atoms with Crippen molar-refractivity contribution in [1.82, 2.24) is 19.3 Å². The number of rotatable bonds is 7. The number of nitrogens with one attached hydrogen (secondary N) is 1. The predicted octanol–water partition coefficient (Wildman–Crippen LogP) is 1.53. The fourth-order valence-electron chi connectivity index (χ4n) is 1.98. The fraction of sp³-hybridized carbons (Fsp3) is 0.357. The van der Waals surface area contributed by atoms with E-state index in [2.05, 4.69) is 19.7 Å². The van der Waals surface area contributed by atoms with Crippen molar-refractivity contribution >= 4 is 27.8 Å². The van der Waals surface area contributed by atoms with E-state index in [-0.39, 0.29) is 5.82 Å². The van der Waals surface area contributed by atoms with Crippen LogP contribution < -0.4 is 9.46 Å². The highest BCUT2D eigenvalue weighted by Gasteiger charge is 2.28. The summed E-state index contributed by atoms with van der Waals surface area (Å²) in [7, 11) is -2.09. The van der Waals surface area contributed by atoms with Gasteiger partial charge in [-0.15, -0.1) is 0 Å². The Labute approximate surface area is 144 Å². The summed E-state index contributed by atoms with van der Waals surface area (Å²) in [6.45, 7) is 1.06. The molecule has 2 aromatic heterocycles. The van der Waals surface area contributed by atoms with E-state index < -0.39 is 10.2 Å². The van der Waals surface area contributed by atoms with Gasteiger partial charge in [-0.05, 0) is 24.1 Å². The van der Waals surface area contributed by atoms with Gasteiger partial charge in [0.15, 0.2) is 5.16 Å². The first-order valence-electron chi connectivity index (χ1n) is 7.29. The normalized spacial score (nSPS) is 14.9. The minimum Gasteiger partial charge on any atom is -0.481 e. The monoisotopic (exact) mass is 367 g/mol. The lowest BCUT2D eigenvalue weighted by Crippen LogP contribution is -2.45. The molecule has 1 saturated heterocycles. The van der Waals surface area contributed by atoms with Crippen LogP contribution in [-0.2, 0) is 16.0 Å².